The molecule has 2 heterocycles. The molecule has 0 unspecified atom stereocenters. The fourth-order valence-electron chi connectivity index (χ4n) is 3.46. The molecule has 7 heteroatoms. The quantitative estimate of drug-likeness (QED) is 0.621. The van der Waals surface area contributed by atoms with E-state index in [9.17, 15) is 4.79 Å². The SMILES string of the molecule is O=C(NCCN1CCCC1)Nc1n[nH]c2cc(Cl)c(-c3ccccc3)cc12. The van der Waals surface area contributed by atoms with Crippen molar-refractivity contribution >= 4 is 34.4 Å². The maximum atomic E-state index is 12.2. The molecule has 0 radical (unpaired) electrons. The highest BCUT2D eigenvalue weighted by Crippen LogP contribution is 2.33. The number of carbonyl (C=O) groups is 1. The number of rotatable bonds is 5. The molecule has 3 aromatic rings. The molecule has 6 nitrogen and oxygen atoms in total. The van der Waals surface area contributed by atoms with Crippen molar-refractivity contribution in [3.05, 3.63) is 47.5 Å². The Morgan fingerprint density at radius 2 is 1.96 bits per heavy atom. The van der Waals surface area contributed by atoms with Gasteiger partial charge in [-0.3, -0.25) is 10.4 Å². The summed E-state index contributed by atoms with van der Waals surface area (Å²) in [5.41, 5.74) is 2.71. The number of carbonyl (C=O) groups excluding carboxylic acids is 1. The standard InChI is InChI=1S/C20H22ClN5O/c21-17-13-18-16(12-15(17)14-6-2-1-3-7-14)19(25-24-18)23-20(27)22-8-11-26-9-4-5-10-26/h1-3,6-7,12-13H,4-5,8-11H2,(H3,22,23,24,25,27). The van der Waals surface area contributed by atoms with Gasteiger partial charge in [-0.05, 0) is 43.6 Å². The highest BCUT2D eigenvalue weighted by atomic mass is 35.5. The molecule has 1 saturated heterocycles. The average Bonchev–Trinajstić information content (AvgIpc) is 3.32. The monoisotopic (exact) mass is 383 g/mol. The van der Waals surface area contributed by atoms with Gasteiger partial charge in [-0.25, -0.2) is 4.79 Å². The summed E-state index contributed by atoms with van der Waals surface area (Å²) in [4.78, 5) is 14.6. The van der Waals surface area contributed by atoms with Gasteiger partial charge in [0, 0.05) is 24.0 Å². The van der Waals surface area contributed by atoms with E-state index in [1.165, 1.54) is 12.8 Å². The molecule has 4 rings (SSSR count). The van der Waals surface area contributed by atoms with E-state index >= 15 is 0 Å². The molecule has 1 aliphatic rings. The van der Waals surface area contributed by atoms with Gasteiger partial charge >= 0.3 is 6.03 Å². The maximum absolute atomic E-state index is 12.2. The number of benzene rings is 2. The second-order valence-electron chi connectivity index (χ2n) is 6.75. The Bertz CT molecular complexity index is 934. The minimum Gasteiger partial charge on any atom is -0.337 e. The highest BCUT2D eigenvalue weighted by Gasteiger charge is 2.14. The van der Waals surface area contributed by atoms with Crippen molar-refractivity contribution in [2.24, 2.45) is 0 Å². The van der Waals surface area contributed by atoms with Gasteiger partial charge in [0.05, 0.1) is 10.5 Å². The number of fused-ring (bicyclic) bond motifs is 1. The Hall–Kier alpha value is -2.57. The van der Waals surface area contributed by atoms with Crippen molar-refractivity contribution in [1.82, 2.24) is 20.4 Å². The molecule has 1 fully saturated rings. The Morgan fingerprint density at radius 3 is 2.74 bits per heavy atom. The van der Waals surface area contributed by atoms with Crippen molar-refractivity contribution in [2.45, 2.75) is 12.8 Å². The van der Waals surface area contributed by atoms with E-state index in [-0.39, 0.29) is 6.03 Å². The number of urea groups is 1. The smallest absolute Gasteiger partial charge is 0.320 e. The van der Waals surface area contributed by atoms with Crippen molar-refractivity contribution in [2.75, 3.05) is 31.5 Å². The zero-order valence-corrected chi connectivity index (χ0v) is 15.7. The van der Waals surface area contributed by atoms with Gasteiger partial charge < -0.3 is 10.2 Å². The molecule has 0 bridgehead atoms. The van der Waals surface area contributed by atoms with Gasteiger partial charge in [-0.1, -0.05) is 41.9 Å². The zero-order valence-electron chi connectivity index (χ0n) is 15.0. The number of anilines is 1. The van der Waals surface area contributed by atoms with Gasteiger partial charge in [-0.15, -0.1) is 0 Å². The second-order valence-corrected chi connectivity index (χ2v) is 7.15. The molecule has 140 valence electrons. The predicted octanol–water partition coefficient (Wildman–Crippen LogP) is 4.10. The molecule has 2 aromatic carbocycles. The third-order valence-corrected chi connectivity index (χ3v) is 5.19. The average molecular weight is 384 g/mol. The Morgan fingerprint density at radius 1 is 1.19 bits per heavy atom. The number of halogens is 1. The van der Waals surface area contributed by atoms with E-state index in [2.05, 4.69) is 25.7 Å². The minimum atomic E-state index is -0.251. The molecule has 1 aliphatic heterocycles. The van der Waals surface area contributed by atoms with Crippen LogP contribution in [0.3, 0.4) is 0 Å². The number of hydrogen-bond acceptors (Lipinski definition) is 3. The number of aromatic amines is 1. The number of likely N-dealkylation sites (tertiary alicyclic amines) is 1. The Labute approximate surface area is 162 Å². The van der Waals surface area contributed by atoms with Crippen LogP contribution in [0.2, 0.25) is 5.02 Å². The van der Waals surface area contributed by atoms with Gasteiger partial charge in [0.15, 0.2) is 5.82 Å². The van der Waals surface area contributed by atoms with E-state index in [4.69, 9.17) is 11.6 Å². The third-order valence-electron chi connectivity index (χ3n) is 4.88. The minimum absolute atomic E-state index is 0.251. The van der Waals surface area contributed by atoms with Crippen LogP contribution in [0.5, 0.6) is 0 Å². The van der Waals surface area contributed by atoms with Crippen LogP contribution in [-0.4, -0.2) is 47.3 Å². The van der Waals surface area contributed by atoms with Gasteiger partial charge in [-0.2, -0.15) is 5.10 Å². The number of amides is 2. The summed E-state index contributed by atoms with van der Waals surface area (Å²) in [5, 5.41) is 14.4. The normalized spacial score (nSPS) is 14.6. The van der Waals surface area contributed by atoms with Crippen molar-refractivity contribution < 1.29 is 4.79 Å². The van der Waals surface area contributed by atoms with Crippen molar-refractivity contribution in [3.8, 4) is 11.1 Å². The first-order chi connectivity index (χ1) is 13.2. The largest absolute Gasteiger partial charge is 0.337 e. The van der Waals surface area contributed by atoms with E-state index in [1.54, 1.807) is 0 Å². The Kier molecular flexibility index (Phi) is 5.27. The van der Waals surface area contributed by atoms with Crippen LogP contribution in [0.25, 0.3) is 22.0 Å². The maximum Gasteiger partial charge on any atom is 0.320 e. The van der Waals surface area contributed by atoms with Crippen molar-refractivity contribution in [3.63, 3.8) is 0 Å². The Balaban J connectivity index is 1.47. The molecular formula is C20H22ClN5O. The fourth-order valence-corrected chi connectivity index (χ4v) is 3.73. The first-order valence-electron chi connectivity index (χ1n) is 9.21. The summed E-state index contributed by atoms with van der Waals surface area (Å²) in [7, 11) is 0. The van der Waals surface area contributed by atoms with Crippen LogP contribution in [0.1, 0.15) is 12.8 Å². The molecule has 1 aromatic heterocycles. The van der Waals surface area contributed by atoms with E-state index in [0.29, 0.717) is 17.4 Å². The van der Waals surface area contributed by atoms with Crippen LogP contribution in [0.4, 0.5) is 10.6 Å². The first kappa shape index (κ1) is 17.8. The lowest BCUT2D eigenvalue weighted by molar-refractivity contribution is 0.249. The van der Waals surface area contributed by atoms with Crippen LogP contribution < -0.4 is 10.6 Å². The lowest BCUT2D eigenvalue weighted by Crippen LogP contribution is -2.36. The lowest BCUT2D eigenvalue weighted by atomic mass is 10.0. The number of nitrogens with zero attached hydrogens (tertiary/aromatic N) is 2. The summed E-state index contributed by atoms with van der Waals surface area (Å²) in [6.45, 7) is 3.74. The topological polar surface area (TPSA) is 73.1 Å². The molecule has 3 N–H and O–H groups in total. The van der Waals surface area contributed by atoms with E-state index in [0.717, 1.165) is 41.7 Å². The summed E-state index contributed by atoms with van der Waals surface area (Å²) in [5.74, 6) is 0.498. The molecule has 0 spiro atoms. The molecule has 27 heavy (non-hydrogen) atoms. The van der Waals surface area contributed by atoms with Gasteiger partial charge in [0.2, 0.25) is 0 Å². The van der Waals surface area contributed by atoms with Crippen LogP contribution in [0.15, 0.2) is 42.5 Å². The third kappa shape index (κ3) is 4.07. The first-order valence-corrected chi connectivity index (χ1v) is 9.59. The zero-order chi connectivity index (χ0) is 18.6. The predicted molar refractivity (Wildman–Crippen MR) is 109 cm³/mol. The number of hydrogen-bond donors (Lipinski definition) is 3. The second kappa shape index (κ2) is 7.98. The van der Waals surface area contributed by atoms with Crippen molar-refractivity contribution in [1.29, 1.82) is 0 Å². The molecule has 0 aliphatic carbocycles. The van der Waals surface area contributed by atoms with Crippen LogP contribution in [0, 0.1) is 0 Å². The van der Waals surface area contributed by atoms with Gasteiger partial charge in [0.25, 0.3) is 0 Å². The van der Waals surface area contributed by atoms with Crippen LogP contribution in [-0.2, 0) is 0 Å². The number of H-pyrrole nitrogens is 1. The summed E-state index contributed by atoms with van der Waals surface area (Å²) < 4.78 is 0. The summed E-state index contributed by atoms with van der Waals surface area (Å²) >= 11 is 6.43. The molecule has 0 saturated carbocycles. The lowest BCUT2D eigenvalue weighted by Gasteiger charge is -2.14. The van der Waals surface area contributed by atoms with E-state index < -0.39 is 0 Å². The van der Waals surface area contributed by atoms with E-state index in [1.807, 2.05) is 42.5 Å². The van der Waals surface area contributed by atoms with Gasteiger partial charge in [0.1, 0.15) is 0 Å². The molecular weight excluding hydrogens is 362 g/mol. The highest BCUT2D eigenvalue weighted by molar-refractivity contribution is 6.34. The van der Waals surface area contributed by atoms with Crippen LogP contribution >= 0.6 is 11.6 Å². The summed E-state index contributed by atoms with van der Waals surface area (Å²) in [6.07, 6.45) is 2.50. The number of aromatic nitrogens is 2. The molecule has 2 amide bonds. The summed E-state index contributed by atoms with van der Waals surface area (Å²) in [6, 6.07) is 13.5. The molecule has 0 atom stereocenters. The number of nitrogens with one attached hydrogen (secondary N) is 3. The fraction of sp³-hybridized carbons (Fsp3) is 0.300.